The average Bonchev–Trinajstić information content (AvgIpc) is 2.81. The van der Waals surface area contributed by atoms with Crippen molar-refractivity contribution in [3.8, 4) is 0 Å². The Hall–Kier alpha value is -1.87. The molecule has 190 valence electrons. The molecule has 1 aromatic carbocycles. The van der Waals surface area contributed by atoms with E-state index in [9.17, 15) is 4.79 Å². The number of likely N-dealkylation sites (tertiary alicyclic amines) is 1. The fraction of sp³-hybridized carbons (Fsp3) is 0.731. The second-order valence-corrected chi connectivity index (χ2v) is 11.1. The molecular formula is C26H42N4O4. The van der Waals surface area contributed by atoms with Gasteiger partial charge in [0.05, 0.1) is 6.61 Å². The van der Waals surface area contributed by atoms with Crippen LogP contribution >= 0.6 is 0 Å². The Bertz CT molecular complexity index is 786. The Morgan fingerprint density at radius 3 is 2.26 bits per heavy atom. The van der Waals surface area contributed by atoms with E-state index in [1.54, 1.807) is 0 Å². The van der Waals surface area contributed by atoms with Crippen LogP contribution in [-0.4, -0.2) is 72.9 Å². The van der Waals surface area contributed by atoms with E-state index in [0.29, 0.717) is 24.6 Å². The number of carbonyl (C=O) groups excluding carboxylic acids is 1. The Balaban J connectivity index is 1.27. The van der Waals surface area contributed by atoms with E-state index in [4.69, 9.17) is 14.4 Å². The van der Waals surface area contributed by atoms with Gasteiger partial charge in [-0.1, -0.05) is 17.8 Å². The third-order valence-corrected chi connectivity index (χ3v) is 7.20. The van der Waals surface area contributed by atoms with Crippen LogP contribution in [0, 0.1) is 5.92 Å². The van der Waals surface area contributed by atoms with Gasteiger partial charge in [0, 0.05) is 56.9 Å². The highest BCUT2D eigenvalue weighted by atomic mass is 16.9. The summed E-state index contributed by atoms with van der Waals surface area (Å²) in [5, 5.41) is 0. The van der Waals surface area contributed by atoms with Crippen LogP contribution in [0.3, 0.4) is 0 Å². The van der Waals surface area contributed by atoms with Gasteiger partial charge in [0.25, 0.3) is 0 Å². The molecule has 1 aromatic rings. The molecule has 1 amide bonds. The highest BCUT2D eigenvalue weighted by molar-refractivity contribution is 5.68. The minimum absolute atomic E-state index is 0.0410. The fourth-order valence-corrected chi connectivity index (χ4v) is 5.34. The highest BCUT2D eigenvalue weighted by Crippen LogP contribution is 2.29. The predicted molar refractivity (Wildman–Crippen MR) is 132 cm³/mol. The lowest BCUT2D eigenvalue weighted by Gasteiger charge is -2.47. The first-order chi connectivity index (χ1) is 16.2. The van der Waals surface area contributed by atoms with Crippen LogP contribution in [0.4, 0.5) is 10.5 Å². The number of piperidine rings is 1. The summed E-state index contributed by atoms with van der Waals surface area (Å²) >= 11 is 0. The van der Waals surface area contributed by atoms with E-state index in [1.807, 2.05) is 25.7 Å². The molecule has 3 heterocycles. The van der Waals surface area contributed by atoms with Gasteiger partial charge in [0.15, 0.2) is 0 Å². The molecule has 3 aliphatic heterocycles. The van der Waals surface area contributed by atoms with Crippen LogP contribution in [0.2, 0.25) is 0 Å². The molecule has 8 nitrogen and oxygen atoms in total. The molecule has 0 spiro atoms. The van der Waals surface area contributed by atoms with Crippen molar-refractivity contribution in [3.63, 3.8) is 0 Å². The number of nitrogens with one attached hydrogen (secondary N) is 1. The van der Waals surface area contributed by atoms with Crippen molar-refractivity contribution in [2.45, 2.75) is 77.7 Å². The number of piperazine rings is 1. The highest BCUT2D eigenvalue weighted by Gasteiger charge is 2.33. The molecular weight excluding hydrogens is 432 g/mol. The van der Waals surface area contributed by atoms with Gasteiger partial charge in [-0.15, -0.1) is 0 Å². The number of carbonyl (C=O) groups is 1. The van der Waals surface area contributed by atoms with E-state index in [0.717, 1.165) is 52.0 Å². The van der Waals surface area contributed by atoms with E-state index in [1.165, 1.54) is 11.3 Å². The molecule has 1 N–H and O–H groups in total. The summed E-state index contributed by atoms with van der Waals surface area (Å²) in [4.78, 5) is 30.0. The molecule has 8 heteroatoms. The van der Waals surface area contributed by atoms with Gasteiger partial charge < -0.3 is 14.5 Å². The summed E-state index contributed by atoms with van der Waals surface area (Å²) in [6.07, 6.45) is 2.81. The first kappa shape index (κ1) is 25.2. The zero-order valence-electron chi connectivity index (χ0n) is 21.5. The summed E-state index contributed by atoms with van der Waals surface area (Å²) in [6, 6.07) is 9.75. The van der Waals surface area contributed by atoms with Gasteiger partial charge in [0.2, 0.25) is 0 Å². The van der Waals surface area contributed by atoms with Crippen LogP contribution in [-0.2, 0) is 14.4 Å². The van der Waals surface area contributed by atoms with E-state index < -0.39 is 5.60 Å². The lowest BCUT2D eigenvalue weighted by Crippen LogP contribution is -2.58. The van der Waals surface area contributed by atoms with Crippen molar-refractivity contribution in [2.75, 3.05) is 44.2 Å². The Labute approximate surface area is 204 Å². The smallest absolute Gasteiger partial charge is 0.410 e. The lowest BCUT2D eigenvalue weighted by molar-refractivity contribution is -0.241. The number of hydrogen-bond acceptors (Lipinski definition) is 7. The van der Waals surface area contributed by atoms with Crippen molar-refractivity contribution in [1.82, 2.24) is 15.4 Å². The van der Waals surface area contributed by atoms with E-state index in [2.05, 4.69) is 53.6 Å². The summed E-state index contributed by atoms with van der Waals surface area (Å²) in [6.45, 7) is 15.8. The quantitative estimate of drug-likeness (QED) is 0.704. The van der Waals surface area contributed by atoms with Crippen LogP contribution in [0.1, 0.15) is 65.5 Å². The zero-order valence-corrected chi connectivity index (χ0v) is 21.5. The summed E-state index contributed by atoms with van der Waals surface area (Å²) in [5.74, 6) is 0.627. The Kier molecular flexibility index (Phi) is 8.02. The number of hydrogen-bond donors (Lipinski definition) is 1. The largest absolute Gasteiger partial charge is 0.444 e. The van der Waals surface area contributed by atoms with Gasteiger partial charge in [-0.3, -0.25) is 14.6 Å². The normalized spacial score (nSPS) is 27.6. The number of benzene rings is 1. The molecule has 3 atom stereocenters. The molecule has 3 aliphatic rings. The molecule has 0 radical (unpaired) electrons. The first-order valence-corrected chi connectivity index (χ1v) is 12.8. The van der Waals surface area contributed by atoms with Crippen LogP contribution in [0.5, 0.6) is 0 Å². The molecule has 0 aliphatic carbocycles. The molecule has 1 unspecified atom stereocenters. The van der Waals surface area contributed by atoms with Gasteiger partial charge in [-0.25, -0.2) is 4.79 Å². The minimum atomic E-state index is -0.436. The van der Waals surface area contributed by atoms with Gasteiger partial charge >= 0.3 is 6.09 Å². The molecule has 0 saturated carbocycles. The Morgan fingerprint density at radius 1 is 1.06 bits per heavy atom. The van der Waals surface area contributed by atoms with E-state index in [-0.39, 0.29) is 12.2 Å². The van der Waals surface area contributed by atoms with E-state index >= 15 is 0 Å². The molecule has 4 rings (SSSR count). The van der Waals surface area contributed by atoms with Crippen LogP contribution < -0.4 is 10.5 Å². The lowest BCUT2D eigenvalue weighted by atomic mass is 9.94. The van der Waals surface area contributed by atoms with Gasteiger partial charge in [-0.05, 0) is 71.1 Å². The van der Waals surface area contributed by atoms with Crippen LogP contribution in [0.25, 0.3) is 0 Å². The van der Waals surface area contributed by atoms with Gasteiger partial charge in [-0.2, -0.15) is 0 Å². The van der Waals surface area contributed by atoms with Crippen molar-refractivity contribution in [2.24, 2.45) is 5.92 Å². The molecule has 34 heavy (non-hydrogen) atoms. The number of ether oxygens (including phenoxy) is 1. The zero-order chi connectivity index (χ0) is 24.3. The second-order valence-electron chi connectivity index (χ2n) is 11.1. The second kappa shape index (κ2) is 10.8. The summed E-state index contributed by atoms with van der Waals surface area (Å²) < 4.78 is 5.55. The molecule has 3 fully saturated rings. The van der Waals surface area contributed by atoms with Crippen molar-refractivity contribution < 1.29 is 19.2 Å². The number of amides is 1. The summed E-state index contributed by atoms with van der Waals surface area (Å²) in [5.41, 5.74) is 4.55. The Morgan fingerprint density at radius 2 is 1.71 bits per heavy atom. The standard InChI is InChI=1S/C26H42N4O4/c1-19-16-29(23-8-6-22(7-9-23)24-12-15-32-27-34-24)17-20(2)30(19)18-21-10-13-28(14-11-21)25(31)33-26(3,4)5/h6-9,19-21,24,27H,10-18H2,1-5H3/t19-,20+,24?. The average molecular weight is 475 g/mol. The van der Waals surface area contributed by atoms with Crippen molar-refractivity contribution in [1.29, 1.82) is 0 Å². The maximum Gasteiger partial charge on any atom is 0.410 e. The molecule has 0 aromatic heterocycles. The van der Waals surface area contributed by atoms with Crippen LogP contribution in [0.15, 0.2) is 24.3 Å². The third kappa shape index (κ3) is 6.42. The van der Waals surface area contributed by atoms with Crippen molar-refractivity contribution >= 4 is 11.8 Å². The molecule has 3 saturated heterocycles. The monoisotopic (exact) mass is 474 g/mol. The topological polar surface area (TPSA) is 66.5 Å². The maximum atomic E-state index is 12.4. The SMILES string of the molecule is C[C@@H]1CN(c2ccc(C3CCONO3)cc2)C[C@H](C)N1CC1CCN(C(=O)OC(C)(C)C)CC1. The maximum absolute atomic E-state index is 12.4. The predicted octanol–water partition coefficient (Wildman–Crippen LogP) is 4.13. The van der Waals surface area contributed by atoms with Crippen molar-refractivity contribution in [3.05, 3.63) is 29.8 Å². The molecule has 0 bridgehead atoms. The third-order valence-electron chi connectivity index (χ3n) is 7.20. The van der Waals surface area contributed by atoms with Gasteiger partial charge in [0.1, 0.15) is 11.7 Å². The number of nitrogens with zero attached hydrogens (tertiary/aromatic N) is 3. The number of rotatable bonds is 4. The number of anilines is 1. The summed E-state index contributed by atoms with van der Waals surface area (Å²) in [7, 11) is 0. The minimum Gasteiger partial charge on any atom is -0.444 e. The fourth-order valence-electron chi connectivity index (χ4n) is 5.34. The first-order valence-electron chi connectivity index (χ1n) is 12.8.